The molecule has 0 amide bonds. The number of halogens is 1. The van der Waals surface area contributed by atoms with Gasteiger partial charge in [0, 0.05) is 14.9 Å². The summed E-state index contributed by atoms with van der Waals surface area (Å²) in [7, 11) is 0. The highest BCUT2D eigenvalue weighted by atomic mass is 79.9. The molecule has 0 spiro atoms. The minimum atomic E-state index is -0.281. The highest BCUT2D eigenvalue weighted by Gasteiger charge is 2.13. The summed E-state index contributed by atoms with van der Waals surface area (Å²) in [6.07, 6.45) is 0. The van der Waals surface area contributed by atoms with Gasteiger partial charge in [0.1, 0.15) is 18.1 Å². The topological polar surface area (TPSA) is 52.3 Å². The van der Waals surface area contributed by atoms with Gasteiger partial charge in [-0.2, -0.15) is 0 Å². The third kappa shape index (κ3) is 4.96. The van der Waals surface area contributed by atoms with Gasteiger partial charge < -0.3 is 9.15 Å². The Hall–Kier alpha value is -2.05. The van der Waals surface area contributed by atoms with E-state index < -0.39 is 0 Å². The van der Waals surface area contributed by atoms with Gasteiger partial charge in [-0.05, 0) is 43.3 Å². The number of carbonyl (C=O) groups is 1. The summed E-state index contributed by atoms with van der Waals surface area (Å²) in [6, 6.07) is 17.4. The smallest absolute Gasteiger partial charge is 0.316 e. The number of thioether (sulfide) groups is 1. The normalized spacial score (nSPS) is 10.6. The molecule has 0 bridgehead atoms. The van der Waals surface area contributed by atoms with Crippen LogP contribution in [0.25, 0.3) is 11.5 Å². The number of hydrogen-bond acceptors (Lipinski definition) is 5. The fourth-order valence-electron chi connectivity index (χ4n) is 2.13. The lowest BCUT2D eigenvalue weighted by Gasteiger charge is -2.03. The van der Waals surface area contributed by atoms with Crippen LogP contribution in [0.3, 0.4) is 0 Å². The van der Waals surface area contributed by atoms with Crippen molar-refractivity contribution in [1.82, 2.24) is 4.98 Å². The first kappa shape index (κ1) is 17.8. The molecule has 2 aromatic carbocycles. The van der Waals surface area contributed by atoms with E-state index in [1.165, 1.54) is 11.8 Å². The molecule has 3 aromatic rings. The summed E-state index contributed by atoms with van der Waals surface area (Å²) >= 11 is 4.82. The monoisotopic (exact) mass is 417 g/mol. The van der Waals surface area contributed by atoms with Crippen molar-refractivity contribution < 1.29 is 13.9 Å². The third-order valence-electron chi connectivity index (χ3n) is 3.45. The Bertz CT molecular complexity index is 847. The molecular formula is C19H16BrNO3S. The second-order valence-corrected chi connectivity index (χ2v) is 7.26. The zero-order chi connectivity index (χ0) is 17.6. The molecule has 0 fully saturated rings. The van der Waals surface area contributed by atoms with E-state index in [4.69, 9.17) is 9.15 Å². The molecule has 0 aliphatic carbocycles. The molecule has 4 nitrogen and oxygen atoms in total. The molecule has 0 saturated heterocycles. The molecule has 0 atom stereocenters. The van der Waals surface area contributed by atoms with Gasteiger partial charge in [0.25, 0.3) is 0 Å². The average Bonchev–Trinajstić information content (AvgIpc) is 3.01. The van der Waals surface area contributed by atoms with Crippen LogP contribution in [0, 0.1) is 6.92 Å². The second-order valence-electron chi connectivity index (χ2n) is 5.29. The first-order valence-electron chi connectivity index (χ1n) is 7.67. The zero-order valence-electron chi connectivity index (χ0n) is 13.6. The zero-order valence-corrected chi connectivity index (χ0v) is 16.0. The lowest BCUT2D eigenvalue weighted by atomic mass is 10.2. The van der Waals surface area contributed by atoms with E-state index in [1.54, 1.807) is 0 Å². The number of ether oxygens (including phenoxy) is 1. The van der Waals surface area contributed by atoms with Crippen molar-refractivity contribution in [3.8, 4) is 11.5 Å². The van der Waals surface area contributed by atoms with E-state index in [2.05, 4.69) is 20.9 Å². The summed E-state index contributed by atoms with van der Waals surface area (Å²) in [5.74, 6) is 1.17. The Labute approximate surface area is 158 Å². The first-order chi connectivity index (χ1) is 12.1. The number of hydrogen-bond donors (Lipinski definition) is 0. The van der Waals surface area contributed by atoms with Gasteiger partial charge in [0.2, 0.25) is 5.89 Å². The molecule has 0 aliphatic rings. The van der Waals surface area contributed by atoms with Crippen molar-refractivity contribution in [3.63, 3.8) is 0 Å². The van der Waals surface area contributed by atoms with Crippen molar-refractivity contribution in [3.05, 3.63) is 70.5 Å². The molecule has 0 unspecified atom stereocenters. The summed E-state index contributed by atoms with van der Waals surface area (Å²) in [5.41, 5.74) is 1.54. The van der Waals surface area contributed by atoms with Crippen molar-refractivity contribution in [2.75, 3.05) is 5.75 Å². The maximum Gasteiger partial charge on any atom is 0.316 e. The Kier molecular flexibility index (Phi) is 5.94. The van der Waals surface area contributed by atoms with E-state index in [1.807, 2.05) is 61.5 Å². The van der Waals surface area contributed by atoms with E-state index in [9.17, 15) is 4.79 Å². The highest BCUT2D eigenvalue weighted by Crippen LogP contribution is 2.23. The van der Waals surface area contributed by atoms with Gasteiger partial charge in [-0.25, -0.2) is 4.98 Å². The van der Waals surface area contributed by atoms with Crippen LogP contribution < -0.4 is 0 Å². The number of carbonyl (C=O) groups excluding carboxylic acids is 1. The van der Waals surface area contributed by atoms with Crippen molar-refractivity contribution >= 4 is 33.7 Å². The van der Waals surface area contributed by atoms with E-state index in [-0.39, 0.29) is 18.3 Å². The molecule has 6 heteroatoms. The van der Waals surface area contributed by atoms with Crippen LogP contribution in [0.5, 0.6) is 0 Å². The van der Waals surface area contributed by atoms with Crippen LogP contribution in [-0.2, 0) is 16.1 Å². The van der Waals surface area contributed by atoms with Gasteiger partial charge in [-0.1, -0.05) is 34.1 Å². The second kappa shape index (κ2) is 8.36. The number of rotatable bonds is 6. The highest BCUT2D eigenvalue weighted by molar-refractivity contribution is 9.10. The largest absolute Gasteiger partial charge is 0.458 e. The molecule has 0 aliphatic heterocycles. The fourth-order valence-corrected chi connectivity index (χ4v) is 3.09. The Morgan fingerprint density at radius 3 is 2.60 bits per heavy atom. The van der Waals surface area contributed by atoms with E-state index >= 15 is 0 Å². The van der Waals surface area contributed by atoms with Gasteiger partial charge in [-0.3, -0.25) is 4.79 Å². The predicted molar refractivity (Wildman–Crippen MR) is 101 cm³/mol. The molecule has 0 radical (unpaired) electrons. The SMILES string of the molecule is Cc1oc(-c2ccccc2)nc1COC(=O)CSc1ccc(Br)cc1. The quantitative estimate of drug-likeness (QED) is 0.404. The molecule has 1 heterocycles. The average molecular weight is 418 g/mol. The van der Waals surface area contributed by atoms with Crippen molar-refractivity contribution in [2.45, 2.75) is 18.4 Å². The number of esters is 1. The van der Waals surface area contributed by atoms with Gasteiger partial charge in [-0.15, -0.1) is 11.8 Å². The molecule has 0 N–H and O–H groups in total. The van der Waals surface area contributed by atoms with Crippen molar-refractivity contribution in [1.29, 1.82) is 0 Å². The van der Waals surface area contributed by atoms with Gasteiger partial charge in [0.05, 0.1) is 5.75 Å². The minimum Gasteiger partial charge on any atom is -0.458 e. The van der Waals surface area contributed by atoms with Crippen LogP contribution in [-0.4, -0.2) is 16.7 Å². The first-order valence-corrected chi connectivity index (χ1v) is 9.45. The molecule has 25 heavy (non-hydrogen) atoms. The van der Waals surface area contributed by atoms with Crippen LogP contribution in [0.2, 0.25) is 0 Å². The van der Waals surface area contributed by atoms with E-state index in [0.717, 1.165) is 14.9 Å². The lowest BCUT2D eigenvalue weighted by molar-refractivity contribution is -0.141. The maximum atomic E-state index is 11.9. The van der Waals surface area contributed by atoms with Crippen LogP contribution >= 0.6 is 27.7 Å². The Balaban J connectivity index is 1.53. The molecular weight excluding hydrogens is 402 g/mol. The summed E-state index contributed by atoms with van der Waals surface area (Å²) in [6.45, 7) is 1.93. The predicted octanol–water partition coefficient (Wildman–Crippen LogP) is 5.25. The number of benzene rings is 2. The summed E-state index contributed by atoms with van der Waals surface area (Å²) < 4.78 is 12.0. The Morgan fingerprint density at radius 1 is 1.16 bits per heavy atom. The fraction of sp³-hybridized carbons (Fsp3) is 0.158. The molecule has 3 rings (SSSR count). The molecule has 128 valence electrons. The number of nitrogens with zero attached hydrogens (tertiary/aromatic N) is 1. The maximum absolute atomic E-state index is 11.9. The van der Waals surface area contributed by atoms with Crippen LogP contribution in [0.1, 0.15) is 11.5 Å². The number of aromatic nitrogens is 1. The standard InChI is InChI=1S/C19H16BrNO3S/c1-13-17(21-19(24-13)14-5-3-2-4-6-14)11-23-18(22)12-25-16-9-7-15(20)8-10-16/h2-10H,11-12H2,1H3. The summed E-state index contributed by atoms with van der Waals surface area (Å²) in [4.78, 5) is 17.4. The minimum absolute atomic E-state index is 0.113. The van der Waals surface area contributed by atoms with Gasteiger partial charge in [0.15, 0.2) is 0 Å². The van der Waals surface area contributed by atoms with Gasteiger partial charge >= 0.3 is 5.97 Å². The lowest BCUT2D eigenvalue weighted by Crippen LogP contribution is -2.08. The number of oxazole rings is 1. The van der Waals surface area contributed by atoms with E-state index in [0.29, 0.717) is 17.3 Å². The molecule has 1 aromatic heterocycles. The summed E-state index contributed by atoms with van der Waals surface area (Å²) in [5, 5.41) is 0. The van der Waals surface area contributed by atoms with Crippen molar-refractivity contribution in [2.24, 2.45) is 0 Å². The number of aryl methyl sites for hydroxylation is 1. The van der Waals surface area contributed by atoms with Crippen LogP contribution in [0.15, 0.2) is 68.4 Å². The third-order valence-corrected chi connectivity index (χ3v) is 4.97. The van der Waals surface area contributed by atoms with Crippen LogP contribution in [0.4, 0.5) is 0 Å². The Morgan fingerprint density at radius 2 is 1.88 bits per heavy atom. The molecule has 0 saturated carbocycles.